The lowest BCUT2D eigenvalue weighted by atomic mass is 10.1. The number of benzene rings is 1. The largest absolute Gasteiger partial charge is 0.307 e. The van der Waals surface area contributed by atoms with Crippen molar-refractivity contribution < 1.29 is 13.2 Å². The van der Waals surface area contributed by atoms with Gasteiger partial charge in [0.15, 0.2) is 9.84 Å². The molecule has 1 atom stereocenters. The zero-order valence-corrected chi connectivity index (χ0v) is 14.3. The van der Waals surface area contributed by atoms with Gasteiger partial charge in [-0.2, -0.15) is 0 Å². The number of imidazole rings is 1. The number of nitrogens with one attached hydrogen (secondary N) is 1. The van der Waals surface area contributed by atoms with E-state index in [2.05, 4.69) is 14.9 Å². The van der Waals surface area contributed by atoms with Gasteiger partial charge < -0.3 is 4.57 Å². The van der Waals surface area contributed by atoms with Gasteiger partial charge in [-0.15, -0.1) is 0 Å². The van der Waals surface area contributed by atoms with E-state index in [4.69, 9.17) is 0 Å². The molecule has 1 aliphatic carbocycles. The zero-order valence-electron chi connectivity index (χ0n) is 13.4. The van der Waals surface area contributed by atoms with E-state index in [1.807, 2.05) is 24.3 Å². The summed E-state index contributed by atoms with van der Waals surface area (Å²) < 4.78 is 25.4. The Bertz CT molecular complexity index is 882. The fourth-order valence-electron chi connectivity index (χ4n) is 3.88. The lowest BCUT2D eigenvalue weighted by Crippen LogP contribution is -2.26. The number of hydrogen-bond donors (Lipinski definition) is 1. The molecule has 2 aliphatic rings. The van der Waals surface area contributed by atoms with E-state index in [9.17, 15) is 13.2 Å². The predicted octanol–water partition coefficient (Wildman–Crippen LogP) is 2.52. The molecule has 7 heteroatoms. The third kappa shape index (κ3) is 2.81. The van der Waals surface area contributed by atoms with Gasteiger partial charge in [0.25, 0.3) is 0 Å². The SMILES string of the molecule is O=C(Nc1nc2ccccc2n1C1CCCC1)[C@@H]1CCS(=O)(=O)C1. The molecule has 6 nitrogen and oxygen atoms in total. The average molecular weight is 347 g/mol. The first-order valence-corrected chi connectivity index (χ1v) is 10.3. The topological polar surface area (TPSA) is 81.1 Å². The minimum absolute atomic E-state index is 0.0531. The molecule has 24 heavy (non-hydrogen) atoms. The Morgan fingerprint density at radius 1 is 1.17 bits per heavy atom. The molecular formula is C17H21N3O3S. The predicted molar refractivity (Wildman–Crippen MR) is 92.6 cm³/mol. The van der Waals surface area contributed by atoms with Crippen molar-refractivity contribution in [1.82, 2.24) is 9.55 Å². The standard InChI is InChI=1S/C17H21N3O3S/c21-16(12-9-10-24(22,23)11-12)19-17-18-14-7-3-4-8-15(14)20(17)13-5-1-2-6-13/h3-4,7-8,12-13H,1-2,5-6,9-11H2,(H,18,19,21)/t12-/m1/s1. The molecule has 2 fully saturated rings. The zero-order chi connectivity index (χ0) is 16.7. The minimum Gasteiger partial charge on any atom is -0.307 e. The lowest BCUT2D eigenvalue weighted by Gasteiger charge is -2.17. The Kier molecular flexibility index (Phi) is 3.83. The number of hydrogen-bond acceptors (Lipinski definition) is 4. The minimum atomic E-state index is -3.07. The smallest absolute Gasteiger partial charge is 0.230 e. The molecule has 1 aromatic heterocycles. The van der Waals surface area contributed by atoms with Crippen LogP contribution in [0, 0.1) is 5.92 Å². The molecule has 2 heterocycles. The molecule has 2 aromatic rings. The number of rotatable bonds is 3. The van der Waals surface area contributed by atoms with E-state index < -0.39 is 15.8 Å². The molecule has 0 bridgehead atoms. The van der Waals surface area contributed by atoms with Crippen LogP contribution in [0.1, 0.15) is 38.1 Å². The quantitative estimate of drug-likeness (QED) is 0.925. The second-order valence-corrected chi connectivity index (χ2v) is 9.05. The van der Waals surface area contributed by atoms with E-state index >= 15 is 0 Å². The summed E-state index contributed by atoms with van der Waals surface area (Å²) in [5, 5.41) is 2.91. The fraction of sp³-hybridized carbons (Fsp3) is 0.529. The van der Waals surface area contributed by atoms with Crippen molar-refractivity contribution >= 4 is 32.7 Å². The van der Waals surface area contributed by atoms with Gasteiger partial charge in [0.05, 0.1) is 28.5 Å². The number of carbonyl (C=O) groups excluding carboxylic acids is 1. The molecule has 0 spiro atoms. The number of fused-ring (bicyclic) bond motifs is 1. The van der Waals surface area contributed by atoms with Gasteiger partial charge in [-0.3, -0.25) is 10.1 Å². The van der Waals surface area contributed by atoms with Crippen molar-refractivity contribution in [3.63, 3.8) is 0 Å². The van der Waals surface area contributed by atoms with Crippen molar-refractivity contribution in [2.45, 2.75) is 38.1 Å². The van der Waals surface area contributed by atoms with Crippen LogP contribution in [0.3, 0.4) is 0 Å². The van der Waals surface area contributed by atoms with Crippen LogP contribution in [-0.2, 0) is 14.6 Å². The van der Waals surface area contributed by atoms with Gasteiger partial charge in [-0.1, -0.05) is 25.0 Å². The second kappa shape index (κ2) is 5.88. The first-order valence-electron chi connectivity index (χ1n) is 8.52. The monoisotopic (exact) mass is 347 g/mol. The van der Waals surface area contributed by atoms with E-state index in [1.54, 1.807) is 0 Å². The Labute approximate surface area is 141 Å². The molecule has 0 unspecified atom stereocenters. The molecule has 1 saturated carbocycles. The Balaban J connectivity index is 1.66. The molecule has 1 saturated heterocycles. The van der Waals surface area contributed by atoms with Crippen molar-refractivity contribution in [3.8, 4) is 0 Å². The molecule has 1 aromatic carbocycles. The highest BCUT2D eigenvalue weighted by Crippen LogP contribution is 2.35. The summed E-state index contributed by atoms with van der Waals surface area (Å²) in [6.45, 7) is 0. The summed E-state index contributed by atoms with van der Waals surface area (Å²) >= 11 is 0. The van der Waals surface area contributed by atoms with Crippen LogP contribution in [0.4, 0.5) is 5.95 Å². The first kappa shape index (κ1) is 15.6. The highest BCUT2D eigenvalue weighted by Gasteiger charge is 2.34. The van der Waals surface area contributed by atoms with Gasteiger partial charge in [0, 0.05) is 6.04 Å². The van der Waals surface area contributed by atoms with E-state index in [0.717, 1.165) is 23.9 Å². The molecule has 128 valence electrons. The Morgan fingerprint density at radius 2 is 1.92 bits per heavy atom. The third-order valence-electron chi connectivity index (χ3n) is 5.12. The van der Waals surface area contributed by atoms with Crippen molar-refractivity contribution in [2.24, 2.45) is 5.92 Å². The Morgan fingerprint density at radius 3 is 2.62 bits per heavy atom. The van der Waals surface area contributed by atoms with Crippen molar-refractivity contribution in [2.75, 3.05) is 16.8 Å². The summed E-state index contributed by atoms with van der Waals surface area (Å²) in [7, 11) is -3.07. The number of anilines is 1. The number of para-hydroxylation sites is 2. The Hall–Kier alpha value is -1.89. The molecule has 1 amide bonds. The summed E-state index contributed by atoms with van der Waals surface area (Å²) in [6, 6.07) is 8.22. The molecule has 1 N–H and O–H groups in total. The van der Waals surface area contributed by atoms with Crippen LogP contribution in [0.25, 0.3) is 11.0 Å². The summed E-state index contributed by atoms with van der Waals surface area (Å²) in [4.78, 5) is 17.1. The molecular weight excluding hydrogens is 326 g/mol. The number of nitrogens with zero attached hydrogens (tertiary/aromatic N) is 2. The van der Waals surface area contributed by atoms with Gasteiger partial charge in [0.1, 0.15) is 0 Å². The molecule has 4 rings (SSSR count). The van der Waals surface area contributed by atoms with E-state index in [0.29, 0.717) is 18.4 Å². The van der Waals surface area contributed by atoms with Crippen LogP contribution >= 0.6 is 0 Å². The van der Waals surface area contributed by atoms with Crippen LogP contribution < -0.4 is 5.32 Å². The van der Waals surface area contributed by atoms with Crippen LogP contribution in [0.2, 0.25) is 0 Å². The van der Waals surface area contributed by atoms with Gasteiger partial charge in [-0.25, -0.2) is 13.4 Å². The molecule has 1 aliphatic heterocycles. The summed E-state index contributed by atoms with van der Waals surface area (Å²) in [5.41, 5.74) is 1.89. The first-order chi connectivity index (χ1) is 11.5. The number of sulfone groups is 1. The maximum absolute atomic E-state index is 12.5. The molecule has 0 radical (unpaired) electrons. The van der Waals surface area contributed by atoms with E-state index in [1.165, 1.54) is 12.8 Å². The maximum atomic E-state index is 12.5. The number of aromatic nitrogens is 2. The fourth-order valence-corrected chi connectivity index (χ4v) is 5.62. The van der Waals surface area contributed by atoms with Gasteiger partial charge >= 0.3 is 0 Å². The summed E-state index contributed by atoms with van der Waals surface area (Å²) in [5.74, 6) is -0.0954. The van der Waals surface area contributed by atoms with E-state index in [-0.39, 0.29) is 17.4 Å². The normalized spacial score (nSPS) is 23.8. The number of carbonyl (C=O) groups is 1. The van der Waals surface area contributed by atoms with Crippen LogP contribution in [0.5, 0.6) is 0 Å². The number of amides is 1. The lowest BCUT2D eigenvalue weighted by molar-refractivity contribution is -0.119. The second-order valence-electron chi connectivity index (χ2n) is 6.82. The highest BCUT2D eigenvalue weighted by atomic mass is 32.2. The van der Waals surface area contributed by atoms with Crippen molar-refractivity contribution in [1.29, 1.82) is 0 Å². The van der Waals surface area contributed by atoms with Gasteiger partial charge in [-0.05, 0) is 31.4 Å². The highest BCUT2D eigenvalue weighted by molar-refractivity contribution is 7.91. The van der Waals surface area contributed by atoms with Gasteiger partial charge in [0.2, 0.25) is 11.9 Å². The van der Waals surface area contributed by atoms with Crippen LogP contribution in [0.15, 0.2) is 24.3 Å². The maximum Gasteiger partial charge on any atom is 0.230 e. The average Bonchev–Trinajstić information content (AvgIpc) is 3.24. The summed E-state index contributed by atoms with van der Waals surface area (Å²) in [6.07, 6.45) is 4.94. The third-order valence-corrected chi connectivity index (χ3v) is 6.89. The van der Waals surface area contributed by atoms with Crippen LogP contribution in [-0.4, -0.2) is 35.4 Å². The van der Waals surface area contributed by atoms with Crippen molar-refractivity contribution in [3.05, 3.63) is 24.3 Å².